The highest BCUT2D eigenvalue weighted by atomic mass is 32.2. The van der Waals surface area contributed by atoms with Crippen LogP contribution in [0.4, 0.5) is 11.4 Å². The van der Waals surface area contributed by atoms with Crippen LogP contribution in [0.2, 0.25) is 0 Å². The highest BCUT2D eigenvalue weighted by molar-refractivity contribution is 7.98. The first-order valence-corrected chi connectivity index (χ1v) is 11.0. The average Bonchev–Trinajstić information content (AvgIpc) is 2.79. The summed E-state index contributed by atoms with van der Waals surface area (Å²) in [6.45, 7) is 1.24. The lowest BCUT2D eigenvalue weighted by Crippen LogP contribution is -2.38. The van der Waals surface area contributed by atoms with E-state index in [1.165, 1.54) is 47.8 Å². The van der Waals surface area contributed by atoms with E-state index < -0.39 is 27.9 Å². The lowest BCUT2D eigenvalue weighted by atomic mass is 10.2. The molecule has 0 bridgehead atoms. The highest BCUT2D eigenvalue weighted by Crippen LogP contribution is 2.24. The molecule has 170 valence electrons. The van der Waals surface area contributed by atoms with Crippen LogP contribution in [-0.4, -0.2) is 51.3 Å². The predicted molar refractivity (Wildman–Crippen MR) is 125 cm³/mol. The van der Waals surface area contributed by atoms with Gasteiger partial charge >= 0.3 is 0 Å². The standard InChI is InChI=1S/C22H21N5O5S/c1-14-12-18(28)21(24-26(14)16-9-5-6-10-17(16)27(31)32)22(30)25(2)13-20(29)23-15-8-4-7-11-19(15)33-3/h4-12H,13H2,1-3H3,(H,23,29). The smallest absolute Gasteiger partial charge is 0.294 e. The fourth-order valence-electron chi connectivity index (χ4n) is 3.14. The van der Waals surface area contributed by atoms with Gasteiger partial charge in [-0.1, -0.05) is 24.3 Å². The average molecular weight is 468 g/mol. The van der Waals surface area contributed by atoms with Gasteiger partial charge in [-0.3, -0.25) is 24.5 Å². The van der Waals surface area contributed by atoms with E-state index in [2.05, 4.69) is 10.4 Å². The van der Waals surface area contributed by atoms with E-state index in [1.54, 1.807) is 25.1 Å². The van der Waals surface area contributed by atoms with Gasteiger partial charge in [-0.25, -0.2) is 4.68 Å². The Labute approximate surface area is 193 Å². The largest absolute Gasteiger partial charge is 0.331 e. The number of nitro benzene ring substituents is 1. The van der Waals surface area contributed by atoms with E-state index in [1.807, 2.05) is 18.4 Å². The molecule has 0 spiro atoms. The van der Waals surface area contributed by atoms with E-state index in [-0.39, 0.29) is 17.9 Å². The highest BCUT2D eigenvalue weighted by Gasteiger charge is 2.23. The van der Waals surface area contributed by atoms with Crippen LogP contribution in [0.15, 0.2) is 64.3 Å². The summed E-state index contributed by atoms with van der Waals surface area (Å²) < 4.78 is 1.18. The number of hydrogen-bond acceptors (Lipinski definition) is 7. The molecule has 0 saturated carbocycles. The summed E-state index contributed by atoms with van der Waals surface area (Å²) >= 11 is 1.47. The summed E-state index contributed by atoms with van der Waals surface area (Å²) in [6.07, 6.45) is 1.88. The van der Waals surface area contributed by atoms with Gasteiger partial charge in [0, 0.05) is 29.8 Å². The van der Waals surface area contributed by atoms with Gasteiger partial charge in [0.05, 0.1) is 17.2 Å². The lowest BCUT2D eigenvalue weighted by Gasteiger charge is -2.18. The van der Waals surface area contributed by atoms with Gasteiger partial charge in [0.1, 0.15) is 5.69 Å². The number of carbonyl (C=O) groups excluding carboxylic acids is 2. The number of thioether (sulfide) groups is 1. The zero-order chi connectivity index (χ0) is 24.1. The first kappa shape index (κ1) is 23.7. The van der Waals surface area contributed by atoms with Gasteiger partial charge in [0.25, 0.3) is 11.6 Å². The summed E-state index contributed by atoms with van der Waals surface area (Å²) in [5, 5.41) is 18.2. The Morgan fingerprint density at radius 2 is 1.85 bits per heavy atom. The quantitative estimate of drug-likeness (QED) is 0.321. The summed E-state index contributed by atoms with van der Waals surface area (Å²) in [7, 11) is 1.37. The first-order valence-electron chi connectivity index (χ1n) is 9.76. The first-order chi connectivity index (χ1) is 15.7. The molecule has 2 amide bonds. The summed E-state index contributed by atoms with van der Waals surface area (Å²) in [4.78, 5) is 50.7. The predicted octanol–water partition coefficient (Wildman–Crippen LogP) is 2.88. The Kier molecular flexibility index (Phi) is 7.23. The number of aromatic nitrogens is 2. The van der Waals surface area contributed by atoms with Crippen molar-refractivity contribution in [2.75, 3.05) is 25.2 Å². The molecule has 3 rings (SSSR count). The number of rotatable bonds is 7. The van der Waals surface area contributed by atoms with Crippen LogP contribution >= 0.6 is 11.8 Å². The number of benzene rings is 2. The molecular weight excluding hydrogens is 446 g/mol. The van der Waals surface area contributed by atoms with Gasteiger partial charge < -0.3 is 10.2 Å². The van der Waals surface area contributed by atoms with Crippen molar-refractivity contribution < 1.29 is 14.5 Å². The number of anilines is 1. The third kappa shape index (κ3) is 5.26. The number of amides is 2. The second-order valence-corrected chi connectivity index (χ2v) is 7.91. The molecule has 0 saturated heterocycles. The van der Waals surface area contributed by atoms with E-state index in [0.717, 1.165) is 9.80 Å². The minimum atomic E-state index is -0.777. The van der Waals surface area contributed by atoms with E-state index in [0.29, 0.717) is 11.4 Å². The number of hydrogen-bond donors (Lipinski definition) is 1. The van der Waals surface area contributed by atoms with Crippen LogP contribution in [0.25, 0.3) is 5.69 Å². The minimum absolute atomic E-state index is 0.114. The number of nitrogens with one attached hydrogen (secondary N) is 1. The summed E-state index contributed by atoms with van der Waals surface area (Å²) in [5.74, 6) is -1.22. The van der Waals surface area contributed by atoms with Crippen molar-refractivity contribution in [3.63, 3.8) is 0 Å². The van der Waals surface area contributed by atoms with Crippen LogP contribution in [0.1, 0.15) is 16.2 Å². The molecule has 3 aromatic rings. The second kappa shape index (κ2) is 10.1. The van der Waals surface area contributed by atoms with Crippen molar-refractivity contribution in [1.29, 1.82) is 0 Å². The Hall–Kier alpha value is -3.99. The molecule has 33 heavy (non-hydrogen) atoms. The molecule has 10 nitrogen and oxygen atoms in total. The van der Waals surface area contributed by atoms with Crippen LogP contribution in [-0.2, 0) is 4.79 Å². The monoisotopic (exact) mass is 467 g/mol. The van der Waals surface area contributed by atoms with Crippen LogP contribution in [0.5, 0.6) is 0 Å². The Morgan fingerprint density at radius 3 is 2.55 bits per heavy atom. The van der Waals surface area contributed by atoms with Gasteiger partial charge in [0.2, 0.25) is 11.3 Å². The summed E-state index contributed by atoms with van der Waals surface area (Å²) in [6, 6.07) is 14.3. The van der Waals surface area contributed by atoms with Crippen molar-refractivity contribution in [2.24, 2.45) is 0 Å². The second-order valence-electron chi connectivity index (χ2n) is 7.07. The molecule has 1 N–H and O–H groups in total. The van der Waals surface area contributed by atoms with Crippen LogP contribution in [0, 0.1) is 17.0 Å². The van der Waals surface area contributed by atoms with Crippen molar-refractivity contribution in [2.45, 2.75) is 11.8 Å². The van der Waals surface area contributed by atoms with E-state index >= 15 is 0 Å². The fourth-order valence-corrected chi connectivity index (χ4v) is 3.70. The van der Waals surface area contributed by atoms with Crippen molar-refractivity contribution in [1.82, 2.24) is 14.7 Å². The van der Waals surface area contributed by atoms with Crippen molar-refractivity contribution in [3.8, 4) is 5.69 Å². The zero-order valence-electron chi connectivity index (χ0n) is 18.1. The molecule has 1 aromatic heterocycles. The Balaban J connectivity index is 1.86. The van der Waals surface area contributed by atoms with Gasteiger partial charge in [-0.2, -0.15) is 5.10 Å². The molecule has 1 heterocycles. The maximum atomic E-state index is 12.9. The molecule has 0 aliphatic heterocycles. The van der Waals surface area contributed by atoms with E-state index in [9.17, 15) is 24.5 Å². The molecule has 0 radical (unpaired) electrons. The number of nitrogens with zero attached hydrogens (tertiary/aromatic N) is 4. The lowest BCUT2D eigenvalue weighted by molar-refractivity contribution is -0.384. The van der Waals surface area contributed by atoms with Crippen LogP contribution < -0.4 is 10.7 Å². The topological polar surface area (TPSA) is 127 Å². The van der Waals surface area contributed by atoms with Gasteiger partial charge in [-0.05, 0) is 31.4 Å². The summed E-state index contributed by atoms with van der Waals surface area (Å²) in [5.41, 5.74) is -0.271. The molecule has 0 atom stereocenters. The third-order valence-corrected chi connectivity index (χ3v) is 5.52. The molecule has 0 fully saturated rings. The van der Waals surface area contributed by atoms with Gasteiger partial charge in [-0.15, -0.1) is 11.8 Å². The molecule has 11 heteroatoms. The number of carbonyl (C=O) groups is 2. The Bertz CT molecular complexity index is 1290. The van der Waals surface area contributed by atoms with Crippen molar-refractivity contribution >= 4 is 35.0 Å². The normalized spacial score (nSPS) is 10.5. The Morgan fingerprint density at radius 1 is 1.18 bits per heavy atom. The maximum absolute atomic E-state index is 12.9. The molecule has 2 aromatic carbocycles. The van der Waals surface area contributed by atoms with Gasteiger partial charge in [0.15, 0.2) is 5.69 Å². The van der Waals surface area contributed by atoms with Crippen molar-refractivity contribution in [3.05, 3.63) is 86.3 Å². The van der Waals surface area contributed by atoms with E-state index in [4.69, 9.17) is 0 Å². The fraction of sp³-hybridized carbons (Fsp3) is 0.182. The zero-order valence-corrected chi connectivity index (χ0v) is 19.0. The molecule has 0 aliphatic rings. The number of para-hydroxylation sites is 3. The molecule has 0 aliphatic carbocycles. The number of aryl methyl sites for hydroxylation is 1. The third-order valence-electron chi connectivity index (χ3n) is 4.73. The number of likely N-dealkylation sites (N-methyl/N-ethyl adjacent to an activating group) is 1. The molecular formula is C22H21N5O5S. The number of nitro groups is 1. The molecule has 0 unspecified atom stereocenters. The van der Waals surface area contributed by atoms with Crippen LogP contribution in [0.3, 0.4) is 0 Å². The maximum Gasteiger partial charge on any atom is 0.294 e. The minimum Gasteiger partial charge on any atom is -0.331 e. The SMILES string of the molecule is CSc1ccccc1NC(=O)CN(C)C(=O)c1nn(-c2ccccc2[N+](=O)[O-])c(C)cc1=O.